The molecule has 2 aromatic heterocycles. The average Bonchev–Trinajstić information content (AvgIpc) is 3.15. The third-order valence-corrected chi connectivity index (χ3v) is 3.98. The smallest absolute Gasteiger partial charge is 0.249 e. The van der Waals surface area contributed by atoms with E-state index in [0.717, 1.165) is 42.2 Å². The first kappa shape index (κ1) is 15.6. The number of nitrogens with one attached hydrogen (secondary N) is 1. The number of aryl methyl sites for hydroxylation is 2. The van der Waals surface area contributed by atoms with E-state index in [1.807, 2.05) is 30.9 Å². The molecular weight excluding hydrogens is 294 g/mol. The van der Waals surface area contributed by atoms with Crippen molar-refractivity contribution < 1.29 is 9.53 Å². The number of ether oxygens (including phenoxy) is 1. The Balaban J connectivity index is 1.93. The molecule has 7 nitrogen and oxygen atoms in total. The van der Waals surface area contributed by atoms with Crippen LogP contribution in [-0.2, 0) is 9.53 Å². The number of hydrogen-bond acceptors (Lipinski definition) is 5. The Morgan fingerprint density at radius 3 is 2.87 bits per heavy atom. The second-order valence-corrected chi connectivity index (χ2v) is 5.87. The highest BCUT2D eigenvalue weighted by molar-refractivity contribution is 5.78. The molecule has 1 fully saturated rings. The highest BCUT2D eigenvalue weighted by Crippen LogP contribution is 2.31. The highest BCUT2D eigenvalue weighted by Gasteiger charge is 2.32. The van der Waals surface area contributed by atoms with Gasteiger partial charge in [-0.15, -0.1) is 0 Å². The number of carbonyl (C=O) groups excluding carboxylic acids is 1. The molecule has 3 heterocycles. The lowest BCUT2D eigenvalue weighted by atomic mass is 10.1. The minimum Gasteiger partial charge on any atom is -0.375 e. The number of likely N-dealkylation sites (tertiary alicyclic amines) is 1. The maximum atomic E-state index is 12.2. The van der Waals surface area contributed by atoms with Gasteiger partial charge in [0.15, 0.2) is 5.82 Å². The van der Waals surface area contributed by atoms with Gasteiger partial charge in [-0.2, -0.15) is 5.10 Å². The summed E-state index contributed by atoms with van der Waals surface area (Å²) in [6, 6.07) is 3.78. The summed E-state index contributed by atoms with van der Waals surface area (Å²) >= 11 is 0. The summed E-state index contributed by atoms with van der Waals surface area (Å²) in [6.07, 6.45) is 1.83. The first-order valence-corrected chi connectivity index (χ1v) is 7.75. The predicted octanol–water partition coefficient (Wildman–Crippen LogP) is 1.79. The molecule has 3 rings (SSSR count). The lowest BCUT2D eigenvalue weighted by Gasteiger charge is -2.23. The van der Waals surface area contributed by atoms with Crippen molar-refractivity contribution in [1.82, 2.24) is 25.1 Å². The summed E-state index contributed by atoms with van der Waals surface area (Å²) in [7, 11) is 1.53. The molecule has 122 valence electrons. The number of amides is 1. The van der Waals surface area contributed by atoms with Gasteiger partial charge in [-0.05, 0) is 38.8 Å². The van der Waals surface area contributed by atoms with Crippen molar-refractivity contribution in [2.24, 2.45) is 0 Å². The van der Waals surface area contributed by atoms with Crippen molar-refractivity contribution in [3.63, 3.8) is 0 Å². The topological polar surface area (TPSA) is 84.0 Å². The van der Waals surface area contributed by atoms with Crippen molar-refractivity contribution in [3.8, 4) is 11.4 Å². The zero-order chi connectivity index (χ0) is 16.4. The van der Waals surface area contributed by atoms with Gasteiger partial charge in [0.05, 0.1) is 11.7 Å². The van der Waals surface area contributed by atoms with Gasteiger partial charge in [-0.1, -0.05) is 0 Å². The molecule has 1 unspecified atom stereocenters. The van der Waals surface area contributed by atoms with Gasteiger partial charge in [-0.3, -0.25) is 9.89 Å². The number of aromatic amines is 1. The van der Waals surface area contributed by atoms with Crippen molar-refractivity contribution in [2.45, 2.75) is 32.7 Å². The van der Waals surface area contributed by atoms with E-state index in [-0.39, 0.29) is 18.6 Å². The SMILES string of the molecule is COCC(=O)N1CCCC1c1nc(C)cc(-c2cc(C)[nH]n2)n1. The van der Waals surface area contributed by atoms with Crippen LogP contribution in [0, 0.1) is 13.8 Å². The number of aromatic nitrogens is 4. The number of hydrogen-bond donors (Lipinski definition) is 1. The summed E-state index contributed by atoms with van der Waals surface area (Å²) < 4.78 is 4.97. The molecule has 1 N–H and O–H groups in total. The molecule has 1 saturated heterocycles. The van der Waals surface area contributed by atoms with Crippen LogP contribution in [0.25, 0.3) is 11.4 Å². The average molecular weight is 315 g/mol. The molecular formula is C16H21N5O2. The van der Waals surface area contributed by atoms with Gasteiger partial charge < -0.3 is 9.64 Å². The Hall–Kier alpha value is -2.28. The molecule has 7 heteroatoms. The van der Waals surface area contributed by atoms with Crippen molar-refractivity contribution in [1.29, 1.82) is 0 Å². The normalized spacial score (nSPS) is 17.7. The van der Waals surface area contributed by atoms with E-state index in [2.05, 4.69) is 20.2 Å². The van der Waals surface area contributed by atoms with Crippen LogP contribution in [0.15, 0.2) is 12.1 Å². The number of nitrogens with zero attached hydrogens (tertiary/aromatic N) is 4. The van der Waals surface area contributed by atoms with E-state index in [1.54, 1.807) is 0 Å². The Kier molecular flexibility index (Phi) is 4.38. The Morgan fingerprint density at radius 1 is 1.35 bits per heavy atom. The number of methoxy groups -OCH3 is 1. The number of H-pyrrole nitrogens is 1. The van der Waals surface area contributed by atoms with Crippen LogP contribution in [0.2, 0.25) is 0 Å². The Morgan fingerprint density at radius 2 is 2.17 bits per heavy atom. The number of rotatable bonds is 4. The fourth-order valence-corrected chi connectivity index (χ4v) is 2.96. The van der Waals surface area contributed by atoms with Gasteiger partial charge in [0.2, 0.25) is 5.91 Å². The number of carbonyl (C=O) groups is 1. The summed E-state index contributed by atoms with van der Waals surface area (Å²) in [4.78, 5) is 23.2. The van der Waals surface area contributed by atoms with Crippen LogP contribution < -0.4 is 0 Å². The lowest BCUT2D eigenvalue weighted by molar-refractivity contribution is -0.136. The predicted molar refractivity (Wildman–Crippen MR) is 84.7 cm³/mol. The van der Waals surface area contributed by atoms with Crippen LogP contribution in [0.1, 0.15) is 36.1 Å². The molecule has 0 spiro atoms. The molecule has 23 heavy (non-hydrogen) atoms. The van der Waals surface area contributed by atoms with E-state index >= 15 is 0 Å². The van der Waals surface area contributed by atoms with Gasteiger partial charge in [0.1, 0.15) is 12.3 Å². The molecule has 1 aliphatic heterocycles. The zero-order valence-corrected chi connectivity index (χ0v) is 13.7. The van der Waals surface area contributed by atoms with E-state index in [4.69, 9.17) is 4.74 Å². The maximum Gasteiger partial charge on any atom is 0.249 e. The molecule has 2 aromatic rings. The minimum atomic E-state index is -0.0867. The molecule has 0 aliphatic carbocycles. The molecule has 0 bridgehead atoms. The van der Waals surface area contributed by atoms with Crippen molar-refractivity contribution in [3.05, 3.63) is 29.3 Å². The van der Waals surface area contributed by atoms with Crippen LogP contribution in [0.4, 0.5) is 0 Å². The molecule has 0 radical (unpaired) electrons. The maximum absolute atomic E-state index is 12.2. The third-order valence-electron chi connectivity index (χ3n) is 3.98. The first-order chi connectivity index (χ1) is 11.1. The van der Waals surface area contributed by atoms with Crippen LogP contribution in [-0.4, -0.2) is 51.2 Å². The van der Waals surface area contributed by atoms with E-state index < -0.39 is 0 Å². The minimum absolute atomic E-state index is 0.0164. The summed E-state index contributed by atoms with van der Waals surface area (Å²) in [5.41, 5.74) is 3.43. The van der Waals surface area contributed by atoms with Gasteiger partial charge >= 0.3 is 0 Å². The first-order valence-electron chi connectivity index (χ1n) is 7.75. The van der Waals surface area contributed by atoms with Crippen LogP contribution >= 0.6 is 0 Å². The van der Waals surface area contributed by atoms with Crippen molar-refractivity contribution >= 4 is 5.91 Å². The van der Waals surface area contributed by atoms with Crippen molar-refractivity contribution in [2.75, 3.05) is 20.3 Å². The Labute approximate surface area is 135 Å². The molecule has 0 saturated carbocycles. The molecule has 1 atom stereocenters. The highest BCUT2D eigenvalue weighted by atomic mass is 16.5. The van der Waals surface area contributed by atoms with Gasteiger partial charge in [-0.25, -0.2) is 9.97 Å². The Bertz CT molecular complexity index is 712. The fourth-order valence-electron chi connectivity index (χ4n) is 2.96. The largest absolute Gasteiger partial charge is 0.375 e. The van der Waals surface area contributed by atoms with Gasteiger partial charge in [0.25, 0.3) is 0 Å². The zero-order valence-electron chi connectivity index (χ0n) is 13.7. The lowest BCUT2D eigenvalue weighted by Crippen LogP contribution is -2.34. The molecule has 1 amide bonds. The third kappa shape index (κ3) is 3.24. The van der Waals surface area contributed by atoms with Gasteiger partial charge in [0, 0.05) is 25.0 Å². The summed E-state index contributed by atoms with van der Waals surface area (Å²) in [5, 5.41) is 7.19. The van der Waals surface area contributed by atoms with Crippen LogP contribution in [0.5, 0.6) is 0 Å². The molecule has 0 aromatic carbocycles. The second-order valence-electron chi connectivity index (χ2n) is 5.87. The van der Waals surface area contributed by atoms with E-state index in [9.17, 15) is 4.79 Å². The van der Waals surface area contributed by atoms with Crippen LogP contribution in [0.3, 0.4) is 0 Å². The monoisotopic (exact) mass is 315 g/mol. The standard InChI is InChI=1S/C16H21N5O2/c1-10-7-12(13-8-11(2)19-20-13)18-16(17-10)14-5-4-6-21(14)15(22)9-23-3/h7-8,14H,4-6,9H2,1-3H3,(H,19,20). The van der Waals surface area contributed by atoms with E-state index in [0.29, 0.717) is 5.82 Å². The summed E-state index contributed by atoms with van der Waals surface area (Å²) in [6.45, 7) is 4.70. The summed E-state index contributed by atoms with van der Waals surface area (Å²) in [5.74, 6) is 0.667. The van der Waals surface area contributed by atoms with E-state index in [1.165, 1.54) is 7.11 Å². The fraction of sp³-hybridized carbons (Fsp3) is 0.500. The molecule has 1 aliphatic rings. The second kappa shape index (κ2) is 6.45. The quantitative estimate of drug-likeness (QED) is 0.930.